The highest BCUT2D eigenvalue weighted by molar-refractivity contribution is 6.10. The lowest BCUT2D eigenvalue weighted by Gasteiger charge is -2.13. The molecule has 0 spiro atoms. The summed E-state index contributed by atoms with van der Waals surface area (Å²) in [6.45, 7) is -0.166. The summed E-state index contributed by atoms with van der Waals surface area (Å²) in [5.41, 5.74) is -0.779. The standard InChI is InChI=1S/C16H13F3O3/c1-21-10-22-14-8-7-12(16(17,18)19)9-13(14)15(20)11-5-3-2-4-6-11/h2-9H,10H2,1H3. The summed E-state index contributed by atoms with van der Waals surface area (Å²) >= 11 is 0. The van der Waals surface area contributed by atoms with Gasteiger partial charge in [-0.05, 0) is 18.2 Å². The van der Waals surface area contributed by atoms with Crippen LogP contribution in [-0.4, -0.2) is 19.7 Å². The van der Waals surface area contributed by atoms with Crippen molar-refractivity contribution in [2.75, 3.05) is 13.9 Å². The zero-order chi connectivity index (χ0) is 16.2. The molecule has 0 saturated carbocycles. The van der Waals surface area contributed by atoms with Crippen molar-refractivity contribution in [2.45, 2.75) is 6.18 Å². The van der Waals surface area contributed by atoms with Gasteiger partial charge in [-0.1, -0.05) is 30.3 Å². The SMILES string of the molecule is COCOc1ccc(C(F)(F)F)cc1C(=O)c1ccccc1. The van der Waals surface area contributed by atoms with Crippen LogP contribution in [0.15, 0.2) is 48.5 Å². The lowest BCUT2D eigenvalue weighted by atomic mass is 10.00. The Bertz CT molecular complexity index is 651. The van der Waals surface area contributed by atoms with Crippen LogP contribution >= 0.6 is 0 Å². The molecule has 6 heteroatoms. The fourth-order valence-corrected chi connectivity index (χ4v) is 1.88. The molecule has 0 aliphatic heterocycles. The van der Waals surface area contributed by atoms with Crippen molar-refractivity contribution in [2.24, 2.45) is 0 Å². The number of rotatable bonds is 5. The highest BCUT2D eigenvalue weighted by Crippen LogP contribution is 2.33. The van der Waals surface area contributed by atoms with E-state index in [9.17, 15) is 18.0 Å². The Morgan fingerprint density at radius 3 is 2.36 bits per heavy atom. The minimum Gasteiger partial charge on any atom is -0.467 e. The lowest BCUT2D eigenvalue weighted by Crippen LogP contribution is -2.11. The van der Waals surface area contributed by atoms with Crippen LogP contribution in [0.4, 0.5) is 13.2 Å². The quantitative estimate of drug-likeness (QED) is 0.620. The van der Waals surface area contributed by atoms with Crippen LogP contribution in [0.25, 0.3) is 0 Å². The largest absolute Gasteiger partial charge is 0.467 e. The van der Waals surface area contributed by atoms with Gasteiger partial charge in [-0.15, -0.1) is 0 Å². The van der Waals surface area contributed by atoms with E-state index in [1.165, 1.54) is 19.2 Å². The summed E-state index contributed by atoms with van der Waals surface area (Å²) < 4.78 is 48.4. The van der Waals surface area contributed by atoms with Crippen molar-refractivity contribution in [3.63, 3.8) is 0 Å². The summed E-state index contributed by atoms with van der Waals surface area (Å²) in [5, 5.41) is 0. The molecule has 0 aromatic heterocycles. The van der Waals surface area contributed by atoms with Gasteiger partial charge in [0.15, 0.2) is 12.6 Å². The maximum absolute atomic E-state index is 12.8. The smallest absolute Gasteiger partial charge is 0.416 e. The van der Waals surface area contributed by atoms with E-state index in [1.54, 1.807) is 18.2 Å². The molecular weight excluding hydrogens is 297 g/mol. The third-order valence-corrected chi connectivity index (χ3v) is 2.92. The van der Waals surface area contributed by atoms with Crippen molar-refractivity contribution in [3.8, 4) is 5.75 Å². The first-order valence-electron chi connectivity index (χ1n) is 6.36. The molecule has 2 aromatic carbocycles. The summed E-state index contributed by atoms with van der Waals surface area (Å²) in [4.78, 5) is 12.4. The van der Waals surface area contributed by atoms with E-state index in [-0.39, 0.29) is 23.7 Å². The topological polar surface area (TPSA) is 35.5 Å². The molecule has 0 N–H and O–H groups in total. The third-order valence-electron chi connectivity index (χ3n) is 2.92. The first-order valence-corrected chi connectivity index (χ1v) is 6.36. The molecule has 2 rings (SSSR count). The normalized spacial score (nSPS) is 11.3. The van der Waals surface area contributed by atoms with E-state index in [0.29, 0.717) is 0 Å². The molecule has 0 bridgehead atoms. The summed E-state index contributed by atoms with van der Waals surface area (Å²) in [6.07, 6.45) is -4.54. The van der Waals surface area contributed by atoms with Crippen molar-refractivity contribution in [3.05, 3.63) is 65.2 Å². The fourth-order valence-electron chi connectivity index (χ4n) is 1.88. The Labute approximate surface area is 125 Å². The Balaban J connectivity index is 2.47. The second kappa shape index (κ2) is 6.62. The first-order chi connectivity index (χ1) is 10.4. The van der Waals surface area contributed by atoms with Gasteiger partial charge < -0.3 is 9.47 Å². The van der Waals surface area contributed by atoms with Crippen LogP contribution in [0.3, 0.4) is 0 Å². The van der Waals surface area contributed by atoms with Gasteiger partial charge in [0.25, 0.3) is 0 Å². The van der Waals surface area contributed by atoms with Crippen LogP contribution in [0.5, 0.6) is 5.75 Å². The van der Waals surface area contributed by atoms with Gasteiger partial charge in [-0.2, -0.15) is 13.2 Å². The van der Waals surface area contributed by atoms with E-state index in [4.69, 9.17) is 9.47 Å². The van der Waals surface area contributed by atoms with Crippen molar-refractivity contribution >= 4 is 5.78 Å². The highest BCUT2D eigenvalue weighted by Gasteiger charge is 2.32. The molecule has 0 aliphatic rings. The Morgan fingerprint density at radius 2 is 1.77 bits per heavy atom. The van der Waals surface area contributed by atoms with Gasteiger partial charge in [0, 0.05) is 12.7 Å². The van der Waals surface area contributed by atoms with Crippen molar-refractivity contribution < 1.29 is 27.4 Å². The monoisotopic (exact) mass is 310 g/mol. The number of alkyl halides is 3. The molecule has 0 heterocycles. The maximum atomic E-state index is 12.8. The van der Waals surface area contributed by atoms with Gasteiger partial charge >= 0.3 is 6.18 Å². The molecule has 0 aliphatic carbocycles. The van der Waals surface area contributed by atoms with Crippen molar-refractivity contribution in [1.82, 2.24) is 0 Å². The molecule has 0 amide bonds. The van der Waals surface area contributed by atoms with E-state index >= 15 is 0 Å². The molecule has 2 aromatic rings. The first kappa shape index (κ1) is 16.0. The average molecular weight is 310 g/mol. The number of carbonyl (C=O) groups excluding carboxylic acids is 1. The molecule has 116 valence electrons. The zero-order valence-electron chi connectivity index (χ0n) is 11.7. The van der Waals surface area contributed by atoms with E-state index < -0.39 is 17.5 Å². The second-order valence-electron chi connectivity index (χ2n) is 4.45. The third kappa shape index (κ3) is 3.65. The predicted octanol–water partition coefficient (Wildman–Crippen LogP) is 3.92. The lowest BCUT2D eigenvalue weighted by molar-refractivity contribution is -0.137. The maximum Gasteiger partial charge on any atom is 0.416 e. The Kier molecular flexibility index (Phi) is 4.82. The number of hydrogen-bond donors (Lipinski definition) is 0. The average Bonchev–Trinajstić information content (AvgIpc) is 2.52. The molecule has 0 atom stereocenters. The van der Waals surface area contributed by atoms with Gasteiger partial charge in [0.05, 0.1) is 11.1 Å². The number of ether oxygens (including phenoxy) is 2. The van der Waals surface area contributed by atoms with Crippen LogP contribution < -0.4 is 4.74 Å². The highest BCUT2D eigenvalue weighted by atomic mass is 19.4. The summed E-state index contributed by atoms with van der Waals surface area (Å²) in [6, 6.07) is 10.8. The van der Waals surface area contributed by atoms with Crippen LogP contribution in [0.2, 0.25) is 0 Å². The van der Waals surface area contributed by atoms with Gasteiger partial charge in [-0.25, -0.2) is 0 Å². The van der Waals surface area contributed by atoms with Crippen LogP contribution in [-0.2, 0) is 10.9 Å². The number of hydrogen-bond acceptors (Lipinski definition) is 3. The minimum absolute atomic E-state index is 0.0451. The molecule has 0 fully saturated rings. The van der Waals surface area contributed by atoms with E-state index in [0.717, 1.165) is 18.2 Å². The molecule has 0 saturated heterocycles. The van der Waals surface area contributed by atoms with Gasteiger partial charge in [0.1, 0.15) is 5.75 Å². The fraction of sp³-hybridized carbons (Fsp3) is 0.188. The van der Waals surface area contributed by atoms with E-state index in [1.807, 2.05) is 0 Å². The Morgan fingerprint density at radius 1 is 1.09 bits per heavy atom. The summed E-state index contributed by atoms with van der Waals surface area (Å²) in [5.74, 6) is -0.499. The van der Waals surface area contributed by atoms with Crippen LogP contribution in [0.1, 0.15) is 21.5 Å². The number of benzene rings is 2. The van der Waals surface area contributed by atoms with E-state index in [2.05, 4.69) is 0 Å². The molecular formula is C16H13F3O3. The molecule has 0 radical (unpaired) electrons. The second-order valence-corrected chi connectivity index (χ2v) is 4.45. The zero-order valence-corrected chi connectivity index (χ0v) is 11.7. The molecule has 22 heavy (non-hydrogen) atoms. The summed E-state index contributed by atoms with van der Waals surface area (Å²) in [7, 11) is 1.38. The number of ketones is 1. The van der Waals surface area contributed by atoms with Gasteiger partial charge in [0.2, 0.25) is 0 Å². The number of methoxy groups -OCH3 is 1. The number of halogens is 3. The Hall–Kier alpha value is -2.34. The van der Waals surface area contributed by atoms with Crippen molar-refractivity contribution in [1.29, 1.82) is 0 Å². The molecule has 3 nitrogen and oxygen atoms in total. The predicted molar refractivity (Wildman–Crippen MR) is 73.8 cm³/mol. The van der Waals surface area contributed by atoms with Crippen LogP contribution in [0, 0.1) is 0 Å². The minimum atomic E-state index is -4.54. The molecule has 0 unspecified atom stereocenters. The van der Waals surface area contributed by atoms with Gasteiger partial charge in [-0.3, -0.25) is 4.79 Å². The number of carbonyl (C=O) groups is 1.